The number of rotatable bonds is 10. The second kappa shape index (κ2) is 9.76. The fourth-order valence-corrected chi connectivity index (χ4v) is 2.76. The molecular formula is C18H23N5O2S. The third-order valence-electron chi connectivity index (χ3n) is 3.66. The summed E-state index contributed by atoms with van der Waals surface area (Å²) in [5.41, 5.74) is 8.14. The molecule has 0 radical (unpaired) electrons. The van der Waals surface area contributed by atoms with Gasteiger partial charge >= 0.3 is 0 Å². The maximum absolute atomic E-state index is 11.7. The fraction of sp³-hybridized carbons (Fsp3) is 0.333. The number of hydrogen-bond donors (Lipinski definition) is 3. The molecule has 4 N–H and O–H groups in total. The Balaban J connectivity index is 1.97. The number of aryl methyl sites for hydroxylation is 1. The van der Waals surface area contributed by atoms with E-state index in [4.69, 9.17) is 11.1 Å². The lowest BCUT2D eigenvalue weighted by Gasteiger charge is -2.07. The van der Waals surface area contributed by atoms with Crippen LogP contribution in [0.3, 0.4) is 0 Å². The van der Waals surface area contributed by atoms with Crippen LogP contribution in [0.4, 0.5) is 5.95 Å². The third-order valence-corrected chi connectivity index (χ3v) is 4.44. The van der Waals surface area contributed by atoms with Gasteiger partial charge in [0.2, 0.25) is 5.95 Å². The minimum absolute atomic E-state index is 0.00755. The van der Waals surface area contributed by atoms with Crippen LogP contribution in [0.15, 0.2) is 36.7 Å². The molecule has 0 saturated heterocycles. The maximum Gasteiger partial charge on any atom is 0.222 e. The number of Topliss-reactive ketones (excluding diaryl/α,β-unsaturated/α-hetero) is 1. The topological polar surface area (TPSA) is 122 Å². The van der Waals surface area contributed by atoms with Crippen LogP contribution in [0.1, 0.15) is 18.4 Å². The zero-order valence-corrected chi connectivity index (χ0v) is 15.5. The molecule has 0 spiro atoms. The summed E-state index contributed by atoms with van der Waals surface area (Å²) in [6.07, 6.45) is 6.10. The van der Waals surface area contributed by atoms with Gasteiger partial charge in [-0.1, -0.05) is 24.3 Å². The quantitative estimate of drug-likeness (QED) is 0.431. The van der Waals surface area contributed by atoms with E-state index in [1.807, 2.05) is 24.3 Å². The van der Waals surface area contributed by atoms with Crippen LogP contribution in [-0.2, 0) is 22.0 Å². The van der Waals surface area contributed by atoms with E-state index in [-0.39, 0.29) is 18.0 Å². The van der Waals surface area contributed by atoms with Crippen molar-refractivity contribution in [2.45, 2.75) is 19.3 Å². The number of anilines is 1. The van der Waals surface area contributed by atoms with Crippen LogP contribution in [0.5, 0.6) is 0 Å². The Labute approximate surface area is 155 Å². The first-order valence-corrected chi connectivity index (χ1v) is 9.96. The number of carbonyl (C=O) groups is 1. The van der Waals surface area contributed by atoms with Crippen molar-refractivity contribution in [3.05, 3.63) is 42.2 Å². The molecule has 0 aliphatic carbocycles. The van der Waals surface area contributed by atoms with Gasteiger partial charge in [0.25, 0.3) is 0 Å². The summed E-state index contributed by atoms with van der Waals surface area (Å²) < 4.78 is 11.0. The molecule has 0 saturated carbocycles. The number of nitrogens with two attached hydrogens (primary N) is 1. The van der Waals surface area contributed by atoms with Crippen LogP contribution in [0.25, 0.3) is 11.1 Å². The highest BCUT2D eigenvalue weighted by Gasteiger charge is 2.06. The first kappa shape index (κ1) is 19.7. The number of aromatic nitrogens is 2. The van der Waals surface area contributed by atoms with E-state index in [1.165, 1.54) is 0 Å². The first-order chi connectivity index (χ1) is 12.4. The van der Waals surface area contributed by atoms with E-state index in [9.17, 15) is 9.00 Å². The van der Waals surface area contributed by atoms with Crippen molar-refractivity contribution in [1.82, 2.24) is 9.97 Å². The monoisotopic (exact) mass is 373 g/mol. The van der Waals surface area contributed by atoms with E-state index < -0.39 is 10.8 Å². The molecule has 1 atom stereocenters. The van der Waals surface area contributed by atoms with E-state index in [2.05, 4.69) is 15.3 Å². The number of nitrogens with one attached hydrogen (secondary N) is 2. The van der Waals surface area contributed by atoms with Crippen LogP contribution in [0, 0.1) is 5.41 Å². The maximum atomic E-state index is 11.7. The minimum Gasteiger partial charge on any atom is -0.387 e. The van der Waals surface area contributed by atoms with Crippen molar-refractivity contribution < 1.29 is 9.00 Å². The molecule has 1 aromatic heterocycles. The molecule has 1 aromatic carbocycles. The zero-order valence-electron chi connectivity index (χ0n) is 14.7. The number of carbonyl (C=O) groups excluding carboxylic acids is 1. The fourth-order valence-electron chi connectivity index (χ4n) is 2.37. The summed E-state index contributed by atoms with van der Waals surface area (Å²) in [7, 11) is -0.846. The SMILES string of the molecule is CS(=O)CCNc1ncc(-c2cccc(CCC(=O)CC(=N)N)c2)cn1. The van der Waals surface area contributed by atoms with Gasteiger partial charge in [-0.25, -0.2) is 9.97 Å². The number of amidine groups is 1. The van der Waals surface area contributed by atoms with E-state index in [0.29, 0.717) is 31.1 Å². The van der Waals surface area contributed by atoms with Crippen molar-refractivity contribution in [1.29, 1.82) is 5.41 Å². The lowest BCUT2D eigenvalue weighted by atomic mass is 10.0. The van der Waals surface area contributed by atoms with Gasteiger partial charge in [0.05, 0.1) is 12.3 Å². The van der Waals surface area contributed by atoms with Crippen molar-refractivity contribution in [3.8, 4) is 11.1 Å². The molecule has 7 nitrogen and oxygen atoms in total. The average molecular weight is 373 g/mol. The molecule has 138 valence electrons. The Morgan fingerprint density at radius 1 is 1.27 bits per heavy atom. The molecule has 1 heterocycles. The second-order valence-corrected chi connectivity index (χ2v) is 7.50. The van der Waals surface area contributed by atoms with Crippen LogP contribution in [-0.4, -0.2) is 44.3 Å². The Kier molecular flexibility index (Phi) is 7.40. The number of benzene rings is 1. The molecule has 0 bridgehead atoms. The summed E-state index contributed by atoms with van der Waals surface area (Å²) in [5.74, 6) is 0.926. The molecule has 0 aliphatic heterocycles. The van der Waals surface area contributed by atoms with Crippen molar-refractivity contribution in [2.24, 2.45) is 5.73 Å². The Morgan fingerprint density at radius 2 is 2.00 bits per heavy atom. The smallest absolute Gasteiger partial charge is 0.222 e. The van der Waals surface area contributed by atoms with Gasteiger partial charge in [-0.05, 0) is 17.5 Å². The zero-order chi connectivity index (χ0) is 18.9. The minimum atomic E-state index is -0.846. The molecule has 8 heteroatoms. The van der Waals surface area contributed by atoms with Gasteiger partial charge in [0.1, 0.15) is 5.78 Å². The first-order valence-electron chi connectivity index (χ1n) is 8.24. The standard InChI is InChI=1S/C18H23N5O2S/c1-26(25)8-7-21-18-22-11-15(12-23-18)14-4-2-3-13(9-14)5-6-16(24)10-17(19)20/h2-4,9,11-12H,5-8,10H2,1H3,(H3,19,20)(H,21,22,23). The van der Waals surface area contributed by atoms with E-state index in [0.717, 1.165) is 16.7 Å². The molecule has 1 unspecified atom stereocenters. The largest absolute Gasteiger partial charge is 0.387 e. The highest BCUT2D eigenvalue weighted by Crippen LogP contribution is 2.20. The van der Waals surface area contributed by atoms with Gasteiger partial charge in [0.15, 0.2) is 0 Å². The Hall–Kier alpha value is -2.61. The van der Waals surface area contributed by atoms with E-state index in [1.54, 1.807) is 18.6 Å². The number of ketones is 1. The van der Waals surface area contributed by atoms with Crippen molar-refractivity contribution in [2.75, 3.05) is 23.9 Å². The Morgan fingerprint density at radius 3 is 2.65 bits per heavy atom. The van der Waals surface area contributed by atoms with Gasteiger partial charge in [-0.15, -0.1) is 0 Å². The second-order valence-electron chi connectivity index (χ2n) is 5.94. The normalized spacial score (nSPS) is 11.7. The summed E-state index contributed by atoms with van der Waals surface area (Å²) >= 11 is 0. The van der Waals surface area contributed by atoms with Crippen molar-refractivity contribution >= 4 is 28.4 Å². The van der Waals surface area contributed by atoms with E-state index >= 15 is 0 Å². The third kappa shape index (κ3) is 6.72. The molecule has 0 amide bonds. The van der Waals surface area contributed by atoms with Crippen molar-refractivity contribution in [3.63, 3.8) is 0 Å². The molecule has 2 aromatic rings. The van der Waals surface area contributed by atoms with Gasteiger partial charge in [-0.3, -0.25) is 14.4 Å². The average Bonchev–Trinajstić information content (AvgIpc) is 2.60. The molecular weight excluding hydrogens is 350 g/mol. The molecule has 2 rings (SSSR count). The Bertz CT molecular complexity index is 792. The summed E-state index contributed by atoms with van der Waals surface area (Å²) in [5, 5.41) is 10.2. The lowest BCUT2D eigenvalue weighted by molar-refractivity contribution is -0.117. The molecule has 26 heavy (non-hydrogen) atoms. The van der Waals surface area contributed by atoms with Gasteiger partial charge in [-0.2, -0.15) is 0 Å². The summed E-state index contributed by atoms with van der Waals surface area (Å²) in [6.45, 7) is 0.562. The van der Waals surface area contributed by atoms with Gasteiger partial charge in [0, 0.05) is 53.7 Å². The van der Waals surface area contributed by atoms with Crippen LogP contribution < -0.4 is 11.1 Å². The molecule has 0 aliphatic rings. The van der Waals surface area contributed by atoms with Crippen LogP contribution >= 0.6 is 0 Å². The summed E-state index contributed by atoms with van der Waals surface area (Å²) in [4.78, 5) is 20.2. The van der Waals surface area contributed by atoms with Crippen LogP contribution in [0.2, 0.25) is 0 Å². The van der Waals surface area contributed by atoms with Gasteiger partial charge < -0.3 is 11.1 Å². The highest BCUT2D eigenvalue weighted by atomic mass is 32.2. The predicted octanol–water partition coefficient (Wildman–Crippen LogP) is 1.76. The number of hydrogen-bond acceptors (Lipinski definition) is 6. The highest BCUT2D eigenvalue weighted by molar-refractivity contribution is 7.84. The lowest BCUT2D eigenvalue weighted by Crippen LogP contribution is -2.15. The summed E-state index contributed by atoms with van der Waals surface area (Å²) in [6, 6.07) is 7.87. The predicted molar refractivity (Wildman–Crippen MR) is 105 cm³/mol. The number of nitrogens with zero attached hydrogens (tertiary/aromatic N) is 2. The molecule has 0 fully saturated rings.